The Balaban J connectivity index is 2.11. The zero-order valence-electron chi connectivity index (χ0n) is 15.8. The molecule has 5 nitrogen and oxygen atoms in total. The number of rotatable bonds is 8. The average molecular weight is 411 g/mol. The first kappa shape index (κ1) is 21.8. The van der Waals surface area contributed by atoms with Gasteiger partial charge in [0.2, 0.25) is 0 Å². The largest absolute Gasteiger partial charge is 0.486 e. The Hall–Kier alpha value is -2.54. The second-order valence-corrected chi connectivity index (χ2v) is 6.86. The van der Waals surface area contributed by atoms with E-state index in [0.717, 1.165) is 0 Å². The quantitative estimate of drug-likeness (QED) is 0.704. The van der Waals surface area contributed by atoms with Crippen molar-refractivity contribution in [3.63, 3.8) is 0 Å². The maximum absolute atomic E-state index is 12.6. The topological polar surface area (TPSA) is 68.3 Å². The molecule has 1 N–H and O–H groups in total. The molecular weight excluding hydrogens is 390 g/mol. The van der Waals surface area contributed by atoms with Crippen LogP contribution in [0.3, 0.4) is 0 Å². The predicted molar refractivity (Wildman–Crippen MR) is 102 cm³/mol. The standard InChI is InChI=1S/C20H21ClF2N2O3/c1-11-6-15(8-16(24-11)7-12(2)26)20(27)25-13(3)14-4-5-18(17(21)9-14)28-10-19(22)23/h4-6,8-9,13,19H,7,10H2,1-3H3,(H,25,27). The van der Waals surface area contributed by atoms with Gasteiger partial charge in [0.15, 0.2) is 0 Å². The molecule has 1 aromatic carbocycles. The van der Waals surface area contributed by atoms with E-state index in [1.807, 2.05) is 0 Å². The van der Waals surface area contributed by atoms with Gasteiger partial charge in [-0.15, -0.1) is 0 Å². The molecule has 1 atom stereocenters. The minimum atomic E-state index is -2.59. The van der Waals surface area contributed by atoms with Crippen LogP contribution in [0.25, 0.3) is 0 Å². The maximum Gasteiger partial charge on any atom is 0.272 e. The third-order valence-electron chi connectivity index (χ3n) is 3.87. The van der Waals surface area contributed by atoms with E-state index in [4.69, 9.17) is 16.3 Å². The van der Waals surface area contributed by atoms with Gasteiger partial charge >= 0.3 is 0 Å². The van der Waals surface area contributed by atoms with Gasteiger partial charge in [-0.1, -0.05) is 17.7 Å². The van der Waals surface area contributed by atoms with Crippen molar-refractivity contribution in [1.29, 1.82) is 0 Å². The molecule has 1 unspecified atom stereocenters. The van der Waals surface area contributed by atoms with E-state index in [0.29, 0.717) is 22.5 Å². The van der Waals surface area contributed by atoms with Crippen molar-refractivity contribution in [3.05, 3.63) is 57.9 Å². The molecule has 0 aliphatic carbocycles. The number of aryl methyl sites for hydroxylation is 1. The molecule has 1 heterocycles. The number of ketones is 1. The van der Waals surface area contributed by atoms with Crippen LogP contribution in [0, 0.1) is 6.92 Å². The summed E-state index contributed by atoms with van der Waals surface area (Å²) < 4.78 is 29.4. The Labute approximate surface area is 167 Å². The van der Waals surface area contributed by atoms with Gasteiger partial charge in [-0.05, 0) is 50.6 Å². The van der Waals surface area contributed by atoms with Crippen LogP contribution in [0.15, 0.2) is 30.3 Å². The van der Waals surface area contributed by atoms with E-state index < -0.39 is 13.0 Å². The van der Waals surface area contributed by atoms with Crippen LogP contribution in [0.1, 0.15) is 47.2 Å². The molecular formula is C20H21ClF2N2O3. The second kappa shape index (κ2) is 9.59. The Kier molecular flexibility index (Phi) is 7.45. The van der Waals surface area contributed by atoms with Crippen molar-refractivity contribution >= 4 is 23.3 Å². The number of hydrogen-bond acceptors (Lipinski definition) is 4. The first-order valence-corrected chi connectivity index (χ1v) is 9.01. The number of nitrogens with zero attached hydrogens (tertiary/aromatic N) is 1. The summed E-state index contributed by atoms with van der Waals surface area (Å²) in [6, 6.07) is 7.54. The SMILES string of the molecule is CC(=O)Cc1cc(C(=O)NC(C)c2ccc(OCC(F)F)c(Cl)c2)cc(C)n1. The first-order chi connectivity index (χ1) is 13.2. The summed E-state index contributed by atoms with van der Waals surface area (Å²) in [4.78, 5) is 28.1. The molecule has 0 saturated heterocycles. The minimum absolute atomic E-state index is 0.0402. The van der Waals surface area contributed by atoms with E-state index >= 15 is 0 Å². The van der Waals surface area contributed by atoms with Gasteiger partial charge in [0.05, 0.1) is 11.1 Å². The highest BCUT2D eigenvalue weighted by atomic mass is 35.5. The number of alkyl halides is 2. The maximum atomic E-state index is 12.6. The number of amides is 1. The number of aromatic nitrogens is 1. The minimum Gasteiger partial charge on any atom is -0.486 e. The third-order valence-corrected chi connectivity index (χ3v) is 4.16. The first-order valence-electron chi connectivity index (χ1n) is 8.64. The van der Waals surface area contributed by atoms with Crippen LogP contribution in [-0.2, 0) is 11.2 Å². The Morgan fingerprint density at radius 2 is 1.96 bits per heavy atom. The Morgan fingerprint density at radius 3 is 2.57 bits per heavy atom. The van der Waals surface area contributed by atoms with E-state index in [1.54, 1.807) is 38.1 Å². The van der Waals surface area contributed by atoms with E-state index in [1.165, 1.54) is 13.0 Å². The second-order valence-electron chi connectivity index (χ2n) is 6.45. The lowest BCUT2D eigenvalue weighted by Gasteiger charge is -2.16. The molecule has 1 amide bonds. The summed E-state index contributed by atoms with van der Waals surface area (Å²) in [5.74, 6) is -0.207. The highest BCUT2D eigenvalue weighted by Gasteiger charge is 2.15. The zero-order valence-corrected chi connectivity index (χ0v) is 16.5. The molecule has 0 saturated carbocycles. The molecule has 0 aliphatic rings. The third kappa shape index (κ3) is 6.27. The molecule has 150 valence electrons. The highest BCUT2D eigenvalue weighted by molar-refractivity contribution is 6.32. The van der Waals surface area contributed by atoms with Crippen LogP contribution in [0.4, 0.5) is 8.78 Å². The molecule has 1 aromatic heterocycles. The molecule has 2 rings (SSSR count). The van der Waals surface area contributed by atoms with Crippen LogP contribution in [-0.4, -0.2) is 29.7 Å². The number of benzene rings is 1. The molecule has 0 radical (unpaired) electrons. The van der Waals surface area contributed by atoms with Crippen LogP contribution in [0.2, 0.25) is 5.02 Å². The van der Waals surface area contributed by atoms with Crippen molar-refractivity contribution in [2.75, 3.05) is 6.61 Å². The predicted octanol–water partition coefficient (Wildman–Crippen LogP) is 4.31. The molecule has 0 aliphatic heterocycles. The molecule has 0 spiro atoms. The van der Waals surface area contributed by atoms with Gasteiger partial charge in [0.25, 0.3) is 12.3 Å². The van der Waals surface area contributed by atoms with Crippen molar-refractivity contribution in [2.45, 2.75) is 39.7 Å². The van der Waals surface area contributed by atoms with Gasteiger partial charge in [-0.2, -0.15) is 0 Å². The summed E-state index contributed by atoms with van der Waals surface area (Å²) >= 11 is 6.08. The number of halogens is 3. The molecule has 8 heteroatoms. The smallest absolute Gasteiger partial charge is 0.272 e. The fourth-order valence-electron chi connectivity index (χ4n) is 2.63. The van der Waals surface area contributed by atoms with E-state index in [9.17, 15) is 18.4 Å². The van der Waals surface area contributed by atoms with E-state index in [-0.39, 0.29) is 34.9 Å². The van der Waals surface area contributed by atoms with Gasteiger partial charge < -0.3 is 10.1 Å². The van der Waals surface area contributed by atoms with Crippen LogP contribution < -0.4 is 10.1 Å². The van der Waals surface area contributed by atoms with Crippen molar-refractivity contribution in [2.24, 2.45) is 0 Å². The number of carbonyl (C=O) groups excluding carboxylic acids is 2. The highest BCUT2D eigenvalue weighted by Crippen LogP contribution is 2.28. The fourth-order valence-corrected chi connectivity index (χ4v) is 2.88. The number of carbonyl (C=O) groups is 2. The number of Topliss-reactive ketones (excluding diaryl/α,β-unsaturated/α-hetero) is 1. The number of pyridine rings is 1. The lowest BCUT2D eigenvalue weighted by atomic mass is 10.1. The van der Waals surface area contributed by atoms with Crippen molar-refractivity contribution in [3.8, 4) is 5.75 Å². The van der Waals surface area contributed by atoms with E-state index in [2.05, 4.69) is 10.3 Å². The van der Waals surface area contributed by atoms with Gasteiger partial charge in [-0.3, -0.25) is 14.6 Å². The number of ether oxygens (including phenoxy) is 1. The number of nitrogens with one attached hydrogen (secondary N) is 1. The summed E-state index contributed by atoms with van der Waals surface area (Å²) in [6.07, 6.45) is -2.43. The lowest BCUT2D eigenvalue weighted by Crippen LogP contribution is -2.27. The summed E-state index contributed by atoms with van der Waals surface area (Å²) in [5.41, 5.74) is 2.27. The van der Waals surface area contributed by atoms with Crippen LogP contribution >= 0.6 is 11.6 Å². The monoisotopic (exact) mass is 410 g/mol. The molecule has 2 aromatic rings. The molecule has 0 bridgehead atoms. The van der Waals surface area contributed by atoms with Crippen molar-refractivity contribution in [1.82, 2.24) is 10.3 Å². The average Bonchev–Trinajstić information content (AvgIpc) is 2.59. The summed E-state index contributed by atoms with van der Waals surface area (Å²) in [5, 5.41) is 3.03. The van der Waals surface area contributed by atoms with Gasteiger partial charge in [-0.25, -0.2) is 8.78 Å². The lowest BCUT2D eigenvalue weighted by molar-refractivity contribution is -0.116. The van der Waals surface area contributed by atoms with Gasteiger partial charge in [0, 0.05) is 23.4 Å². The summed E-state index contributed by atoms with van der Waals surface area (Å²) in [7, 11) is 0. The van der Waals surface area contributed by atoms with Crippen molar-refractivity contribution < 1.29 is 23.1 Å². The molecule has 28 heavy (non-hydrogen) atoms. The zero-order chi connectivity index (χ0) is 20.8. The Bertz CT molecular complexity index is 875. The fraction of sp³-hybridized carbons (Fsp3) is 0.350. The van der Waals surface area contributed by atoms with Crippen LogP contribution in [0.5, 0.6) is 5.75 Å². The Morgan fingerprint density at radius 1 is 1.25 bits per heavy atom. The molecule has 0 fully saturated rings. The van der Waals surface area contributed by atoms with Gasteiger partial charge in [0.1, 0.15) is 18.1 Å². The summed E-state index contributed by atoms with van der Waals surface area (Å²) in [6.45, 7) is 4.25. The normalized spacial score (nSPS) is 12.0. The number of hydrogen-bond donors (Lipinski definition) is 1.